The summed E-state index contributed by atoms with van der Waals surface area (Å²) in [5.41, 5.74) is 1.03. The normalized spacial score (nSPS) is 13.6. The quantitative estimate of drug-likeness (QED) is 0.727. The molecule has 0 saturated carbocycles. The van der Waals surface area contributed by atoms with Crippen molar-refractivity contribution in [2.45, 2.75) is 38.8 Å². The maximum Gasteiger partial charge on any atom is 0.243 e. The molecule has 0 aromatic heterocycles. The fourth-order valence-corrected chi connectivity index (χ4v) is 4.06. The Balaban J connectivity index is 2.09. The molecule has 152 valence electrons. The minimum absolute atomic E-state index is 0.110. The summed E-state index contributed by atoms with van der Waals surface area (Å²) in [6.45, 7) is 3.23. The first-order valence-electron chi connectivity index (χ1n) is 8.88. The van der Waals surface area contributed by atoms with E-state index in [-0.39, 0.29) is 11.7 Å². The van der Waals surface area contributed by atoms with E-state index in [0.29, 0.717) is 6.42 Å². The second-order valence-corrected chi connectivity index (χ2v) is 8.63. The van der Waals surface area contributed by atoms with E-state index in [1.807, 2.05) is 37.3 Å². The van der Waals surface area contributed by atoms with Crippen molar-refractivity contribution in [2.75, 3.05) is 10.6 Å². The zero-order chi connectivity index (χ0) is 20.9. The van der Waals surface area contributed by atoms with Crippen molar-refractivity contribution >= 4 is 21.6 Å². The Labute approximate surface area is 164 Å². The highest BCUT2D eigenvalue weighted by molar-refractivity contribution is 7.92. The van der Waals surface area contributed by atoms with Gasteiger partial charge in [0, 0.05) is 12.1 Å². The molecule has 2 aromatic rings. The molecule has 2 aromatic carbocycles. The predicted molar refractivity (Wildman–Crippen MR) is 106 cm³/mol. The van der Waals surface area contributed by atoms with Gasteiger partial charge in [-0.2, -0.15) is 0 Å². The number of hydrogen-bond acceptors (Lipinski definition) is 3. The highest BCUT2D eigenvalue weighted by Gasteiger charge is 2.30. The molecule has 28 heavy (non-hydrogen) atoms. The Morgan fingerprint density at radius 2 is 1.71 bits per heavy atom. The molecule has 0 spiro atoms. The largest absolute Gasteiger partial charge is 0.352 e. The molecule has 1 amide bonds. The van der Waals surface area contributed by atoms with Gasteiger partial charge < -0.3 is 5.32 Å². The van der Waals surface area contributed by atoms with Gasteiger partial charge in [-0.15, -0.1) is 0 Å². The van der Waals surface area contributed by atoms with Gasteiger partial charge in [-0.25, -0.2) is 17.2 Å². The number of carbonyl (C=O) groups excluding carboxylic acids is 1. The lowest BCUT2D eigenvalue weighted by molar-refractivity contribution is -0.122. The van der Waals surface area contributed by atoms with Crippen molar-refractivity contribution in [3.8, 4) is 0 Å². The molecule has 0 aliphatic heterocycles. The van der Waals surface area contributed by atoms with Crippen molar-refractivity contribution in [1.29, 1.82) is 0 Å². The zero-order valence-electron chi connectivity index (χ0n) is 16.0. The zero-order valence-corrected chi connectivity index (χ0v) is 16.8. The number of amides is 1. The van der Waals surface area contributed by atoms with Gasteiger partial charge in [-0.05, 0) is 44.4 Å². The van der Waals surface area contributed by atoms with Crippen LogP contribution in [0.5, 0.6) is 0 Å². The van der Waals surface area contributed by atoms with Crippen molar-refractivity contribution in [3.63, 3.8) is 0 Å². The standard InChI is InChI=1S/C20H24F2N2O3S/c1-14(9-10-16-7-5-4-6-8-16)23-20(25)15(2)24(28(3,26)27)17-11-12-18(21)19(22)13-17/h4-8,11-15H,9-10H2,1-3H3,(H,23,25)/t14-,15-/m0/s1. The monoisotopic (exact) mass is 410 g/mol. The summed E-state index contributed by atoms with van der Waals surface area (Å²) in [6, 6.07) is 11.2. The highest BCUT2D eigenvalue weighted by Crippen LogP contribution is 2.23. The predicted octanol–water partition coefficient (Wildman–Crippen LogP) is 3.26. The van der Waals surface area contributed by atoms with E-state index in [0.717, 1.165) is 40.7 Å². The number of nitrogens with one attached hydrogen (secondary N) is 1. The summed E-state index contributed by atoms with van der Waals surface area (Å²) in [7, 11) is -3.90. The lowest BCUT2D eigenvalue weighted by Crippen LogP contribution is -2.50. The van der Waals surface area contributed by atoms with E-state index in [1.54, 1.807) is 0 Å². The molecule has 0 aliphatic carbocycles. The molecule has 5 nitrogen and oxygen atoms in total. The molecule has 1 N–H and O–H groups in total. The average molecular weight is 410 g/mol. The van der Waals surface area contributed by atoms with Gasteiger partial charge in [0.25, 0.3) is 0 Å². The molecule has 2 atom stereocenters. The van der Waals surface area contributed by atoms with Crippen LogP contribution in [0.2, 0.25) is 0 Å². The Morgan fingerprint density at radius 1 is 1.07 bits per heavy atom. The van der Waals surface area contributed by atoms with E-state index in [9.17, 15) is 22.0 Å². The van der Waals surface area contributed by atoms with E-state index in [4.69, 9.17) is 0 Å². The average Bonchev–Trinajstić information content (AvgIpc) is 2.62. The second kappa shape index (κ2) is 9.14. The number of rotatable bonds is 8. The summed E-state index contributed by atoms with van der Waals surface area (Å²) in [5, 5.41) is 2.79. The first-order valence-corrected chi connectivity index (χ1v) is 10.7. The van der Waals surface area contributed by atoms with E-state index < -0.39 is 33.6 Å². The molecule has 0 unspecified atom stereocenters. The van der Waals surface area contributed by atoms with Crippen LogP contribution in [0.3, 0.4) is 0 Å². The minimum Gasteiger partial charge on any atom is -0.352 e. The number of sulfonamides is 1. The van der Waals surface area contributed by atoms with Crippen molar-refractivity contribution in [2.24, 2.45) is 0 Å². The van der Waals surface area contributed by atoms with Crippen LogP contribution >= 0.6 is 0 Å². The molecule has 2 rings (SSSR count). The smallest absolute Gasteiger partial charge is 0.243 e. The fraction of sp³-hybridized carbons (Fsp3) is 0.350. The van der Waals surface area contributed by atoms with Gasteiger partial charge in [0.15, 0.2) is 11.6 Å². The van der Waals surface area contributed by atoms with Crippen LogP contribution in [0.4, 0.5) is 14.5 Å². The Bertz CT molecular complexity index is 920. The van der Waals surface area contributed by atoms with Gasteiger partial charge in [0.2, 0.25) is 15.9 Å². The highest BCUT2D eigenvalue weighted by atomic mass is 32.2. The second-order valence-electron chi connectivity index (χ2n) is 6.77. The lowest BCUT2D eigenvalue weighted by atomic mass is 10.1. The van der Waals surface area contributed by atoms with Crippen molar-refractivity contribution < 1.29 is 22.0 Å². The molecule has 0 aliphatic rings. The van der Waals surface area contributed by atoms with Crippen LogP contribution < -0.4 is 9.62 Å². The van der Waals surface area contributed by atoms with Crippen LogP contribution in [0.25, 0.3) is 0 Å². The fourth-order valence-electron chi connectivity index (χ4n) is 2.89. The summed E-state index contributed by atoms with van der Waals surface area (Å²) in [5.74, 6) is -2.80. The van der Waals surface area contributed by atoms with Gasteiger partial charge in [-0.1, -0.05) is 30.3 Å². The number of carbonyl (C=O) groups is 1. The van der Waals surface area contributed by atoms with E-state index in [1.165, 1.54) is 6.92 Å². The maximum atomic E-state index is 13.6. The van der Waals surface area contributed by atoms with Gasteiger partial charge >= 0.3 is 0 Å². The summed E-state index contributed by atoms with van der Waals surface area (Å²) < 4.78 is 51.9. The van der Waals surface area contributed by atoms with Crippen molar-refractivity contribution in [1.82, 2.24) is 5.32 Å². The third kappa shape index (κ3) is 5.76. The Morgan fingerprint density at radius 3 is 2.29 bits per heavy atom. The van der Waals surface area contributed by atoms with Crippen LogP contribution in [0.15, 0.2) is 48.5 Å². The number of hydrogen-bond donors (Lipinski definition) is 1. The van der Waals surface area contributed by atoms with E-state index >= 15 is 0 Å². The van der Waals surface area contributed by atoms with Crippen LogP contribution in [-0.4, -0.2) is 32.7 Å². The molecule has 0 bridgehead atoms. The molecule has 0 heterocycles. The summed E-state index contributed by atoms with van der Waals surface area (Å²) >= 11 is 0. The van der Waals surface area contributed by atoms with Crippen LogP contribution in [0, 0.1) is 11.6 Å². The lowest BCUT2D eigenvalue weighted by Gasteiger charge is -2.29. The number of nitrogens with zero attached hydrogens (tertiary/aromatic N) is 1. The minimum atomic E-state index is -3.90. The maximum absolute atomic E-state index is 13.6. The van der Waals surface area contributed by atoms with Gasteiger partial charge in [0.05, 0.1) is 11.9 Å². The molecule has 8 heteroatoms. The third-order valence-corrected chi connectivity index (χ3v) is 5.59. The number of halogens is 2. The molecule has 0 saturated heterocycles. The van der Waals surface area contributed by atoms with Gasteiger partial charge in [-0.3, -0.25) is 9.10 Å². The van der Waals surface area contributed by atoms with E-state index in [2.05, 4.69) is 5.32 Å². The Hall–Kier alpha value is -2.48. The number of benzene rings is 2. The molecule has 0 radical (unpaired) electrons. The molecular weight excluding hydrogens is 386 g/mol. The van der Waals surface area contributed by atoms with Crippen LogP contribution in [-0.2, 0) is 21.2 Å². The van der Waals surface area contributed by atoms with Crippen molar-refractivity contribution in [3.05, 3.63) is 65.7 Å². The number of anilines is 1. The topological polar surface area (TPSA) is 66.5 Å². The first-order chi connectivity index (χ1) is 13.1. The number of aryl methyl sites for hydroxylation is 1. The Kier molecular flexibility index (Phi) is 7.12. The van der Waals surface area contributed by atoms with Crippen LogP contribution in [0.1, 0.15) is 25.8 Å². The molecular formula is C20H24F2N2O3S. The SMILES string of the molecule is C[C@@H](CCc1ccccc1)NC(=O)[C@H](C)N(c1ccc(F)c(F)c1)S(C)(=O)=O. The molecule has 0 fully saturated rings. The summed E-state index contributed by atoms with van der Waals surface area (Å²) in [4.78, 5) is 12.6. The van der Waals surface area contributed by atoms with Gasteiger partial charge in [0.1, 0.15) is 6.04 Å². The first kappa shape index (κ1) is 21.8. The summed E-state index contributed by atoms with van der Waals surface area (Å²) in [6.07, 6.45) is 2.35. The third-order valence-electron chi connectivity index (χ3n) is 4.34.